The summed E-state index contributed by atoms with van der Waals surface area (Å²) in [5.74, 6) is -1.41. The highest BCUT2D eigenvalue weighted by molar-refractivity contribution is 7.92. The van der Waals surface area contributed by atoms with E-state index in [9.17, 15) is 13.2 Å². The number of benzene rings is 2. The Kier molecular flexibility index (Phi) is 6.35. The molecule has 2 rings (SSSR count). The first kappa shape index (κ1) is 19.2. The summed E-state index contributed by atoms with van der Waals surface area (Å²) in [4.78, 5) is 11.9. The molecule has 0 unspecified atom stereocenters. The number of anilines is 1. The van der Waals surface area contributed by atoms with Crippen molar-refractivity contribution in [3.63, 3.8) is 0 Å². The summed E-state index contributed by atoms with van der Waals surface area (Å²) in [6.07, 6.45) is 0. The summed E-state index contributed by atoms with van der Waals surface area (Å²) in [6.45, 7) is 1.85. The van der Waals surface area contributed by atoms with E-state index in [2.05, 4.69) is 16.2 Å². The quantitative estimate of drug-likeness (QED) is 0.542. The number of halogens is 1. The van der Waals surface area contributed by atoms with Crippen LogP contribution in [-0.4, -0.2) is 25.2 Å². The van der Waals surface area contributed by atoms with E-state index in [-0.39, 0.29) is 10.0 Å². The van der Waals surface area contributed by atoms with Crippen molar-refractivity contribution in [1.29, 1.82) is 0 Å². The van der Waals surface area contributed by atoms with Crippen molar-refractivity contribution >= 4 is 50.4 Å². The van der Waals surface area contributed by atoms with Crippen LogP contribution >= 0.6 is 23.8 Å². The molecule has 0 aliphatic carbocycles. The number of hydrogen-bond acceptors (Lipinski definition) is 4. The van der Waals surface area contributed by atoms with Gasteiger partial charge in [-0.2, -0.15) is 0 Å². The van der Waals surface area contributed by atoms with E-state index in [1.807, 2.05) is 6.92 Å². The van der Waals surface area contributed by atoms with Gasteiger partial charge in [-0.25, -0.2) is 8.42 Å². The van der Waals surface area contributed by atoms with Gasteiger partial charge >= 0.3 is 0 Å². The van der Waals surface area contributed by atoms with Crippen LogP contribution in [-0.2, 0) is 14.6 Å². The number of hydrazine groups is 1. The zero-order chi connectivity index (χ0) is 18.4. The van der Waals surface area contributed by atoms with Gasteiger partial charge in [-0.3, -0.25) is 15.6 Å². The van der Waals surface area contributed by atoms with E-state index in [1.54, 1.807) is 36.4 Å². The summed E-state index contributed by atoms with van der Waals surface area (Å²) in [5, 5.41) is 3.52. The zero-order valence-electron chi connectivity index (χ0n) is 13.2. The maximum atomic E-state index is 12.2. The Morgan fingerprint density at radius 2 is 1.64 bits per heavy atom. The summed E-state index contributed by atoms with van der Waals surface area (Å²) in [6, 6.07) is 13.1. The Bertz CT molecular complexity index is 867. The minimum Gasteiger partial charge on any atom is -0.331 e. The number of thiocarbonyl (C=S) groups is 1. The summed E-state index contributed by atoms with van der Waals surface area (Å²) in [5.41, 5.74) is 6.31. The van der Waals surface area contributed by atoms with E-state index in [0.717, 1.165) is 5.56 Å². The maximum Gasteiger partial charge on any atom is 0.253 e. The monoisotopic (exact) mass is 397 g/mol. The molecule has 2 aromatic carbocycles. The molecule has 0 heterocycles. The van der Waals surface area contributed by atoms with E-state index in [0.29, 0.717) is 10.7 Å². The second-order valence-corrected chi connectivity index (χ2v) is 8.04. The van der Waals surface area contributed by atoms with Gasteiger partial charge in [0, 0.05) is 10.7 Å². The van der Waals surface area contributed by atoms with Crippen molar-refractivity contribution < 1.29 is 13.2 Å². The highest BCUT2D eigenvalue weighted by atomic mass is 35.5. The highest BCUT2D eigenvalue weighted by Gasteiger charge is 2.19. The van der Waals surface area contributed by atoms with Gasteiger partial charge in [-0.05, 0) is 55.5 Å². The topological polar surface area (TPSA) is 87.3 Å². The molecule has 6 nitrogen and oxygen atoms in total. The summed E-state index contributed by atoms with van der Waals surface area (Å²) < 4.78 is 24.3. The Balaban J connectivity index is 1.86. The molecule has 9 heteroatoms. The van der Waals surface area contributed by atoms with Gasteiger partial charge in [0.25, 0.3) is 5.91 Å². The van der Waals surface area contributed by atoms with Gasteiger partial charge in [0.1, 0.15) is 5.75 Å². The fraction of sp³-hybridized carbons (Fsp3) is 0.125. The predicted molar refractivity (Wildman–Crippen MR) is 102 cm³/mol. The zero-order valence-corrected chi connectivity index (χ0v) is 15.6. The van der Waals surface area contributed by atoms with E-state index >= 15 is 0 Å². The van der Waals surface area contributed by atoms with Crippen LogP contribution in [0.2, 0.25) is 5.02 Å². The first-order valence-corrected chi connectivity index (χ1v) is 9.61. The van der Waals surface area contributed by atoms with Crippen molar-refractivity contribution in [2.75, 3.05) is 11.1 Å². The molecule has 0 fully saturated rings. The standard InChI is InChI=1S/C16H16ClN3O3S2/c1-11-2-8-14(9-3-11)25(22,23)10-15(21)19-20-16(24)18-13-6-4-12(17)5-7-13/h2-9H,10H2,1H3,(H,19,21)(H2,18,20,24). The molecule has 0 aromatic heterocycles. The molecule has 0 aliphatic rings. The van der Waals surface area contributed by atoms with Gasteiger partial charge < -0.3 is 5.32 Å². The number of aryl methyl sites for hydroxylation is 1. The highest BCUT2D eigenvalue weighted by Crippen LogP contribution is 2.13. The fourth-order valence-electron chi connectivity index (χ4n) is 1.86. The molecule has 2 aromatic rings. The number of amides is 1. The number of carbonyl (C=O) groups is 1. The van der Waals surface area contributed by atoms with E-state index in [4.69, 9.17) is 23.8 Å². The molecular formula is C16H16ClN3O3S2. The Labute approximate surface area is 156 Å². The van der Waals surface area contributed by atoms with Gasteiger partial charge in [-0.15, -0.1) is 0 Å². The molecule has 0 saturated carbocycles. The first-order chi connectivity index (χ1) is 11.8. The molecular weight excluding hydrogens is 382 g/mol. The average molecular weight is 398 g/mol. The lowest BCUT2D eigenvalue weighted by atomic mass is 10.2. The molecule has 0 aliphatic heterocycles. The number of sulfone groups is 1. The van der Waals surface area contributed by atoms with Gasteiger partial charge in [0.2, 0.25) is 0 Å². The first-order valence-electron chi connectivity index (χ1n) is 7.17. The Morgan fingerprint density at radius 1 is 1.04 bits per heavy atom. The number of hydrogen-bond donors (Lipinski definition) is 3. The minimum absolute atomic E-state index is 0.0927. The van der Waals surface area contributed by atoms with Crippen LogP contribution in [0.25, 0.3) is 0 Å². The Hall–Kier alpha value is -2.16. The molecule has 0 bridgehead atoms. The molecule has 0 atom stereocenters. The van der Waals surface area contributed by atoms with Crippen LogP contribution < -0.4 is 16.2 Å². The number of nitrogens with one attached hydrogen (secondary N) is 3. The van der Waals surface area contributed by atoms with Crippen LogP contribution in [0, 0.1) is 6.92 Å². The van der Waals surface area contributed by atoms with Crippen molar-refractivity contribution in [2.45, 2.75) is 11.8 Å². The largest absolute Gasteiger partial charge is 0.331 e. The van der Waals surface area contributed by atoms with Crippen LogP contribution in [0.15, 0.2) is 53.4 Å². The molecule has 1 amide bonds. The fourth-order valence-corrected chi connectivity index (χ4v) is 3.29. The SMILES string of the molecule is Cc1ccc(S(=O)(=O)CC(=O)NNC(=S)Nc2ccc(Cl)cc2)cc1. The predicted octanol–water partition coefficient (Wildman–Crippen LogP) is 2.44. The van der Waals surface area contributed by atoms with Gasteiger partial charge in [0.15, 0.2) is 14.9 Å². The van der Waals surface area contributed by atoms with Gasteiger partial charge in [-0.1, -0.05) is 29.3 Å². The summed E-state index contributed by atoms with van der Waals surface area (Å²) >= 11 is 10.8. The molecule has 3 N–H and O–H groups in total. The molecule has 0 spiro atoms. The summed E-state index contributed by atoms with van der Waals surface area (Å²) in [7, 11) is -3.72. The lowest BCUT2D eigenvalue weighted by Gasteiger charge is -2.12. The molecule has 132 valence electrons. The van der Waals surface area contributed by atoms with E-state index < -0.39 is 21.5 Å². The van der Waals surface area contributed by atoms with Crippen molar-refractivity contribution in [3.8, 4) is 0 Å². The number of carbonyl (C=O) groups excluding carboxylic acids is 1. The molecule has 25 heavy (non-hydrogen) atoms. The Morgan fingerprint density at radius 3 is 2.24 bits per heavy atom. The van der Waals surface area contributed by atoms with Crippen LogP contribution in [0.5, 0.6) is 0 Å². The smallest absolute Gasteiger partial charge is 0.253 e. The molecule has 0 saturated heterocycles. The van der Waals surface area contributed by atoms with Crippen molar-refractivity contribution in [3.05, 3.63) is 59.1 Å². The van der Waals surface area contributed by atoms with Crippen LogP contribution in [0.1, 0.15) is 5.56 Å². The second kappa shape index (κ2) is 8.28. The average Bonchev–Trinajstić information content (AvgIpc) is 2.55. The van der Waals surface area contributed by atoms with Crippen molar-refractivity contribution in [2.24, 2.45) is 0 Å². The minimum atomic E-state index is -3.72. The van der Waals surface area contributed by atoms with Crippen molar-refractivity contribution in [1.82, 2.24) is 10.9 Å². The second-order valence-electron chi connectivity index (χ2n) is 5.21. The van der Waals surface area contributed by atoms with Gasteiger partial charge in [0.05, 0.1) is 4.90 Å². The third-order valence-corrected chi connectivity index (χ3v) is 5.21. The number of rotatable bonds is 4. The third-order valence-electron chi connectivity index (χ3n) is 3.12. The van der Waals surface area contributed by atoms with E-state index in [1.165, 1.54) is 12.1 Å². The normalized spacial score (nSPS) is 10.8. The lowest BCUT2D eigenvalue weighted by molar-refractivity contribution is -0.119. The lowest BCUT2D eigenvalue weighted by Crippen LogP contribution is -2.45. The van der Waals surface area contributed by atoms with Crippen LogP contribution in [0.3, 0.4) is 0 Å². The van der Waals surface area contributed by atoms with Crippen LogP contribution in [0.4, 0.5) is 5.69 Å². The molecule has 0 radical (unpaired) electrons. The third kappa shape index (κ3) is 6.00. The maximum absolute atomic E-state index is 12.2.